The molecule has 0 atom stereocenters. The van der Waals surface area contributed by atoms with Gasteiger partial charge in [-0.25, -0.2) is 4.52 Å². The highest BCUT2D eigenvalue weighted by atomic mass is 32.2. The average Bonchev–Trinajstić information content (AvgIpc) is 2.69. The predicted molar refractivity (Wildman–Crippen MR) is 102 cm³/mol. The number of hydrogen-bond acceptors (Lipinski definition) is 5. The largest absolute Gasteiger partial charge is 0.497 e. The van der Waals surface area contributed by atoms with Crippen LogP contribution in [0, 0.1) is 0 Å². The van der Waals surface area contributed by atoms with Gasteiger partial charge in [-0.05, 0) is 42.0 Å². The van der Waals surface area contributed by atoms with Gasteiger partial charge in [0.2, 0.25) is 0 Å². The number of nitrogens with zero attached hydrogens (tertiary/aromatic N) is 3. The van der Waals surface area contributed by atoms with E-state index >= 15 is 0 Å². The molecule has 4 rings (SSSR count). The molecule has 128 valence electrons. The van der Waals surface area contributed by atoms with Gasteiger partial charge in [-0.15, -0.1) is 0 Å². The van der Waals surface area contributed by atoms with Gasteiger partial charge in [-0.1, -0.05) is 42.1 Å². The van der Waals surface area contributed by atoms with Crippen molar-refractivity contribution in [3.63, 3.8) is 0 Å². The van der Waals surface area contributed by atoms with Crippen molar-refractivity contribution in [1.29, 1.82) is 0 Å². The van der Waals surface area contributed by atoms with Gasteiger partial charge in [0.25, 0.3) is 5.56 Å². The van der Waals surface area contributed by atoms with Crippen molar-refractivity contribution in [2.75, 3.05) is 7.11 Å². The SMILES string of the molecule is COc1ccc(-c2c(=O)ncn3nc(Sc4ccccc4)ccc23)cc1. The lowest BCUT2D eigenvalue weighted by molar-refractivity contribution is 0.415. The van der Waals surface area contributed by atoms with Crippen molar-refractivity contribution in [2.24, 2.45) is 0 Å². The Hall–Kier alpha value is -3.12. The van der Waals surface area contributed by atoms with Gasteiger partial charge < -0.3 is 4.74 Å². The number of benzene rings is 2. The molecule has 2 aromatic heterocycles. The van der Waals surface area contributed by atoms with Gasteiger partial charge in [-0.2, -0.15) is 10.1 Å². The second-order valence-corrected chi connectivity index (χ2v) is 6.66. The summed E-state index contributed by atoms with van der Waals surface area (Å²) in [5.41, 5.74) is 1.75. The summed E-state index contributed by atoms with van der Waals surface area (Å²) in [4.78, 5) is 17.5. The summed E-state index contributed by atoms with van der Waals surface area (Å²) in [7, 11) is 1.61. The number of rotatable bonds is 4. The number of hydrogen-bond donors (Lipinski definition) is 0. The van der Waals surface area contributed by atoms with Crippen molar-refractivity contribution < 1.29 is 4.74 Å². The molecule has 0 saturated carbocycles. The maximum Gasteiger partial charge on any atom is 0.281 e. The smallest absolute Gasteiger partial charge is 0.281 e. The highest BCUT2D eigenvalue weighted by Crippen LogP contribution is 2.27. The maximum atomic E-state index is 12.4. The minimum Gasteiger partial charge on any atom is -0.497 e. The molecule has 2 aromatic carbocycles. The number of methoxy groups -OCH3 is 1. The minimum atomic E-state index is -0.277. The van der Waals surface area contributed by atoms with Crippen LogP contribution in [-0.4, -0.2) is 21.7 Å². The Labute approximate surface area is 154 Å². The summed E-state index contributed by atoms with van der Waals surface area (Å²) in [6.45, 7) is 0. The predicted octanol–water partition coefficient (Wildman–Crippen LogP) is 3.92. The van der Waals surface area contributed by atoms with Gasteiger partial charge in [-0.3, -0.25) is 4.79 Å². The van der Waals surface area contributed by atoms with Crippen LogP contribution < -0.4 is 10.3 Å². The van der Waals surface area contributed by atoms with Gasteiger partial charge in [0, 0.05) is 4.90 Å². The topological polar surface area (TPSA) is 56.5 Å². The van der Waals surface area contributed by atoms with E-state index in [1.807, 2.05) is 66.7 Å². The summed E-state index contributed by atoms with van der Waals surface area (Å²) in [6, 6.07) is 21.2. The Kier molecular flexibility index (Phi) is 4.41. The summed E-state index contributed by atoms with van der Waals surface area (Å²) in [6.07, 6.45) is 1.46. The third-order valence-electron chi connectivity index (χ3n) is 3.94. The van der Waals surface area contributed by atoms with Crippen LogP contribution >= 0.6 is 11.8 Å². The fraction of sp³-hybridized carbons (Fsp3) is 0.0500. The Morgan fingerprint density at radius 3 is 2.46 bits per heavy atom. The standard InChI is InChI=1S/C20H15N3O2S/c1-25-15-9-7-14(8-10-15)19-17-11-12-18(22-23(17)13-21-20(19)24)26-16-5-3-2-4-6-16/h2-13H,1H3. The van der Waals surface area contributed by atoms with Gasteiger partial charge in [0.1, 0.15) is 17.1 Å². The molecule has 0 saturated heterocycles. The Bertz CT molecular complexity index is 1110. The first kappa shape index (κ1) is 16.4. The molecule has 0 fully saturated rings. The summed E-state index contributed by atoms with van der Waals surface area (Å²) >= 11 is 1.56. The molecule has 0 N–H and O–H groups in total. The van der Waals surface area contributed by atoms with E-state index in [0.29, 0.717) is 11.1 Å². The fourth-order valence-corrected chi connectivity index (χ4v) is 3.48. The molecule has 0 aliphatic heterocycles. The van der Waals surface area contributed by atoms with Crippen LogP contribution in [0.15, 0.2) is 87.8 Å². The highest BCUT2D eigenvalue weighted by Gasteiger charge is 2.11. The molecule has 5 nitrogen and oxygen atoms in total. The van der Waals surface area contributed by atoms with E-state index in [9.17, 15) is 4.79 Å². The molecule has 26 heavy (non-hydrogen) atoms. The van der Waals surface area contributed by atoms with E-state index in [-0.39, 0.29) is 5.56 Å². The van der Waals surface area contributed by atoms with Crippen LogP contribution in [0.1, 0.15) is 0 Å². The van der Waals surface area contributed by atoms with E-state index < -0.39 is 0 Å². The zero-order valence-corrected chi connectivity index (χ0v) is 14.8. The quantitative estimate of drug-likeness (QED) is 0.551. The molecule has 4 aromatic rings. The van der Waals surface area contributed by atoms with E-state index in [0.717, 1.165) is 21.2 Å². The molecule has 0 unspecified atom stereocenters. The van der Waals surface area contributed by atoms with Crippen molar-refractivity contribution in [3.8, 4) is 16.9 Å². The van der Waals surface area contributed by atoms with Gasteiger partial charge in [0.05, 0.1) is 18.2 Å². The second kappa shape index (κ2) is 7.01. The molecule has 0 spiro atoms. The first-order chi connectivity index (χ1) is 12.7. The number of ether oxygens (including phenoxy) is 1. The normalized spacial score (nSPS) is 10.8. The Morgan fingerprint density at radius 2 is 1.73 bits per heavy atom. The van der Waals surface area contributed by atoms with E-state index in [4.69, 9.17) is 4.74 Å². The zero-order chi connectivity index (χ0) is 17.9. The fourth-order valence-electron chi connectivity index (χ4n) is 2.68. The van der Waals surface area contributed by atoms with Crippen molar-refractivity contribution in [3.05, 3.63) is 83.4 Å². The van der Waals surface area contributed by atoms with E-state index in [1.54, 1.807) is 23.4 Å². The molecule has 0 aliphatic carbocycles. The third kappa shape index (κ3) is 3.19. The monoisotopic (exact) mass is 361 g/mol. The lowest BCUT2D eigenvalue weighted by Crippen LogP contribution is -2.13. The highest BCUT2D eigenvalue weighted by molar-refractivity contribution is 7.99. The molecule has 2 heterocycles. The Balaban J connectivity index is 1.78. The van der Waals surface area contributed by atoms with Crippen molar-refractivity contribution in [1.82, 2.24) is 14.6 Å². The molecule has 0 amide bonds. The van der Waals surface area contributed by atoms with Crippen LogP contribution in [0.25, 0.3) is 16.6 Å². The van der Waals surface area contributed by atoms with Crippen LogP contribution in [-0.2, 0) is 0 Å². The summed E-state index contributed by atoms with van der Waals surface area (Å²) < 4.78 is 6.83. The minimum absolute atomic E-state index is 0.277. The molecular weight excluding hydrogens is 346 g/mol. The van der Waals surface area contributed by atoms with Gasteiger partial charge >= 0.3 is 0 Å². The zero-order valence-electron chi connectivity index (χ0n) is 14.0. The van der Waals surface area contributed by atoms with Crippen LogP contribution in [0.4, 0.5) is 0 Å². The average molecular weight is 361 g/mol. The van der Waals surface area contributed by atoms with Gasteiger partial charge in [0.15, 0.2) is 0 Å². The Morgan fingerprint density at radius 1 is 0.962 bits per heavy atom. The summed E-state index contributed by atoms with van der Waals surface area (Å²) in [5.74, 6) is 0.738. The molecule has 0 radical (unpaired) electrons. The van der Waals surface area contributed by atoms with E-state index in [1.165, 1.54) is 6.33 Å². The maximum absolute atomic E-state index is 12.4. The molecule has 6 heteroatoms. The second-order valence-electron chi connectivity index (χ2n) is 5.57. The first-order valence-corrected chi connectivity index (χ1v) is 8.82. The van der Waals surface area contributed by atoms with Crippen molar-refractivity contribution in [2.45, 2.75) is 9.92 Å². The number of fused-ring (bicyclic) bond motifs is 1. The van der Waals surface area contributed by atoms with Crippen molar-refractivity contribution >= 4 is 17.3 Å². The van der Waals surface area contributed by atoms with Crippen LogP contribution in [0.2, 0.25) is 0 Å². The lowest BCUT2D eigenvalue weighted by atomic mass is 10.1. The van der Waals surface area contributed by atoms with Crippen LogP contribution in [0.3, 0.4) is 0 Å². The third-order valence-corrected chi connectivity index (χ3v) is 4.87. The first-order valence-electron chi connectivity index (χ1n) is 8.00. The number of aromatic nitrogens is 3. The lowest BCUT2D eigenvalue weighted by Gasteiger charge is -2.08. The van der Waals surface area contributed by atoms with E-state index in [2.05, 4.69) is 10.1 Å². The molecule has 0 bridgehead atoms. The molecular formula is C20H15N3O2S. The molecule has 0 aliphatic rings. The van der Waals surface area contributed by atoms with Crippen LogP contribution in [0.5, 0.6) is 5.75 Å². The summed E-state index contributed by atoms with van der Waals surface area (Å²) in [5, 5.41) is 5.41.